The van der Waals surface area contributed by atoms with Crippen molar-refractivity contribution >= 4 is 11.9 Å². The molecule has 0 saturated carbocycles. The lowest BCUT2D eigenvalue weighted by Gasteiger charge is -2.47. The molecule has 1 saturated heterocycles. The first-order valence-electron chi connectivity index (χ1n) is 6.34. The molecule has 102 valence electrons. The smallest absolute Gasteiger partial charge is 0.335 e. The zero-order chi connectivity index (χ0) is 14.0. The Kier molecular flexibility index (Phi) is 3.46. The largest absolute Gasteiger partial charge is 0.478 e. The third kappa shape index (κ3) is 2.16. The fourth-order valence-corrected chi connectivity index (χ4v) is 2.36. The Labute approximate surface area is 111 Å². The van der Waals surface area contributed by atoms with E-state index < -0.39 is 11.4 Å². The average Bonchev–Trinajstić information content (AvgIpc) is 2.40. The summed E-state index contributed by atoms with van der Waals surface area (Å²) in [5.41, 5.74) is -0.332. The molecule has 0 aromatic heterocycles. The first-order valence-corrected chi connectivity index (χ1v) is 6.34. The number of carboxylic acids is 1. The molecule has 19 heavy (non-hydrogen) atoms. The number of β-lactam (4-membered cyclic amide) rings is 1. The van der Waals surface area contributed by atoms with Gasteiger partial charge in [-0.25, -0.2) is 4.79 Å². The van der Waals surface area contributed by atoms with Crippen molar-refractivity contribution in [3.63, 3.8) is 0 Å². The Morgan fingerprint density at radius 3 is 2.63 bits per heavy atom. The van der Waals surface area contributed by atoms with E-state index in [9.17, 15) is 9.59 Å². The second-order valence-electron chi connectivity index (χ2n) is 4.67. The Morgan fingerprint density at radius 1 is 1.42 bits per heavy atom. The lowest BCUT2D eigenvalue weighted by atomic mass is 9.73. The SMILES string of the molecule is CCC1(CC)C(=O)N[C@@H]1Oc1cccc(C(=O)O)c1. The maximum atomic E-state index is 11.7. The van der Waals surface area contributed by atoms with E-state index in [1.165, 1.54) is 12.1 Å². The Bertz CT molecular complexity index is 508. The summed E-state index contributed by atoms with van der Waals surface area (Å²) in [5.74, 6) is -0.548. The fraction of sp³-hybridized carbons (Fsp3) is 0.429. The number of benzene rings is 1. The molecule has 0 unspecified atom stereocenters. The number of hydrogen-bond donors (Lipinski definition) is 2. The number of ether oxygens (including phenoxy) is 1. The van der Waals surface area contributed by atoms with E-state index in [1.54, 1.807) is 12.1 Å². The van der Waals surface area contributed by atoms with Crippen LogP contribution < -0.4 is 10.1 Å². The number of rotatable bonds is 5. The maximum Gasteiger partial charge on any atom is 0.335 e. The molecule has 0 bridgehead atoms. The molecule has 1 aliphatic heterocycles. The van der Waals surface area contributed by atoms with E-state index in [2.05, 4.69) is 5.32 Å². The molecule has 1 fully saturated rings. The van der Waals surface area contributed by atoms with Gasteiger partial charge in [0.1, 0.15) is 11.2 Å². The van der Waals surface area contributed by atoms with Crippen LogP contribution in [0.2, 0.25) is 0 Å². The van der Waals surface area contributed by atoms with E-state index in [0.717, 1.165) is 0 Å². The molecule has 0 spiro atoms. The van der Waals surface area contributed by atoms with Crippen molar-refractivity contribution in [3.8, 4) is 5.75 Å². The standard InChI is InChI=1S/C14H17NO4/c1-3-14(4-2)12(18)15-13(14)19-10-7-5-6-9(8-10)11(16)17/h5-8,13H,3-4H2,1-2H3,(H,15,18)(H,16,17)/t13-/m1/s1. The number of nitrogens with one attached hydrogen (secondary N) is 1. The van der Waals surface area contributed by atoms with Gasteiger partial charge in [-0.1, -0.05) is 19.9 Å². The van der Waals surface area contributed by atoms with Gasteiger partial charge in [-0.05, 0) is 31.0 Å². The van der Waals surface area contributed by atoms with E-state index in [-0.39, 0.29) is 17.7 Å². The van der Waals surface area contributed by atoms with E-state index in [4.69, 9.17) is 9.84 Å². The molecule has 1 aromatic carbocycles. The van der Waals surface area contributed by atoms with Gasteiger partial charge in [0, 0.05) is 0 Å². The quantitative estimate of drug-likeness (QED) is 0.797. The van der Waals surface area contributed by atoms with Gasteiger partial charge in [-0.15, -0.1) is 0 Å². The van der Waals surface area contributed by atoms with E-state index in [1.807, 2.05) is 13.8 Å². The zero-order valence-corrected chi connectivity index (χ0v) is 11.0. The number of carbonyl (C=O) groups is 2. The third-order valence-corrected chi connectivity index (χ3v) is 3.81. The molecule has 1 amide bonds. The number of carbonyl (C=O) groups excluding carboxylic acids is 1. The summed E-state index contributed by atoms with van der Waals surface area (Å²) in [5, 5.41) is 11.7. The normalized spacial score (nSPS) is 20.3. The molecule has 2 rings (SSSR count). The predicted molar refractivity (Wildman–Crippen MR) is 69.0 cm³/mol. The van der Waals surface area contributed by atoms with E-state index in [0.29, 0.717) is 18.6 Å². The van der Waals surface area contributed by atoms with Crippen LogP contribution in [0, 0.1) is 5.41 Å². The number of amides is 1. The minimum atomic E-state index is -1.000. The van der Waals surface area contributed by atoms with Crippen LogP contribution in [-0.2, 0) is 4.79 Å². The summed E-state index contributed by atoms with van der Waals surface area (Å²) in [6, 6.07) is 6.27. The van der Waals surface area contributed by atoms with Crippen LogP contribution in [-0.4, -0.2) is 23.2 Å². The lowest BCUT2D eigenvalue weighted by Crippen LogP contribution is -2.69. The topological polar surface area (TPSA) is 75.6 Å². The summed E-state index contributed by atoms with van der Waals surface area (Å²) in [6.45, 7) is 3.90. The summed E-state index contributed by atoms with van der Waals surface area (Å²) in [6.07, 6.45) is 0.996. The second-order valence-corrected chi connectivity index (χ2v) is 4.67. The monoisotopic (exact) mass is 263 g/mol. The van der Waals surface area contributed by atoms with Gasteiger partial charge in [-0.2, -0.15) is 0 Å². The second kappa shape index (κ2) is 4.91. The van der Waals surface area contributed by atoms with Crippen molar-refractivity contribution in [1.82, 2.24) is 5.32 Å². The van der Waals surface area contributed by atoms with Crippen LogP contribution in [0.5, 0.6) is 5.75 Å². The number of hydrogen-bond acceptors (Lipinski definition) is 3. The van der Waals surface area contributed by atoms with Crippen LogP contribution >= 0.6 is 0 Å². The van der Waals surface area contributed by atoms with Crippen LogP contribution in [0.1, 0.15) is 37.0 Å². The highest BCUT2D eigenvalue weighted by molar-refractivity contribution is 5.90. The predicted octanol–water partition coefficient (Wildman–Crippen LogP) is 2.03. The fourth-order valence-electron chi connectivity index (χ4n) is 2.36. The molecule has 0 aliphatic carbocycles. The highest BCUT2D eigenvalue weighted by Crippen LogP contribution is 2.39. The van der Waals surface area contributed by atoms with Crippen LogP contribution in [0.4, 0.5) is 0 Å². The summed E-state index contributed by atoms with van der Waals surface area (Å²) >= 11 is 0. The van der Waals surface area contributed by atoms with Crippen molar-refractivity contribution in [2.24, 2.45) is 5.41 Å². The van der Waals surface area contributed by atoms with Gasteiger partial charge < -0.3 is 15.2 Å². The van der Waals surface area contributed by atoms with Gasteiger partial charge in [0.25, 0.3) is 0 Å². The van der Waals surface area contributed by atoms with E-state index >= 15 is 0 Å². The molecule has 1 atom stereocenters. The average molecular weight is 263 g/mol. The Balaban J connectivity index is 2.16. The minimum absolute atomic E-state index is 0.00288. The van der Waals surface area contributed by atoms with Crippen LogP contribution in [0.3, 0.4) is 0 Å². The molecule has 1 heterocycles. The molecule has 2 N–H and O–H groups in total. The Morgan fingerprint density at radius 2 is 2.11 bits per heavy atom. The summed E-state index contributed by atoms with van der Waals surface area (Å²) in [4.78, 5) is 22.6. The lowest BCUT2D eigenvalue weighted by molar-refractivity contribution is -0.161. The summed E-state index contributed by atoms with van der Waals surface area (Å²) < 4.78 is 5.71. The molecule has 0 radical (unpaired) electrons. The highest BCUT2D eigenvalue weighted by atomic mass is 16.5. The van der Waals surface area contributed by atoms with Crippen LogP contribution in [0.15, 0.2) is 24.3 Å². The van der Waals surface area contributed by atoms with Crippen molar-refractivity contribution in [2.45, 2.75) is 32.9 Å². The van der Waals surface area contributed by atoms with Crippen molar-refractivity contribution < 1.29 is 19.4 Å². The molecule has 1 aromatic rings. The number of carboxylic acid groups (broad SMARTS) is 1. The first kappa shape index (κ1) is 13.4. The molecular weight excluding hydrogens is 246 g/mol. The minimum Gasteiger partial charge on any atom is -0.478 e. The zero-order valence-electron chi connectivity index (χ0n) is 11.0. The van der Waals surface area contributed by atoms with Gasteiger partial charge in [0.2, 0.25) is 5.91 Å². The molecule has 1 aliphatic rings. The van der Waals surface area contributed by atoms with Gasteiger partial charge in [0.05, 0.1) is 5.56 Å². The maximum absolute atomic E-state index is 11.7. The molecular formula is C14H17NO4. The Hall–Kier alpha value is -2.04. The highest BCUT2D eigenvalue weighted by Gasteiger charge is 2.54. The van der Waals surface area contributed by atoms with Gasteiger partial charge >= 0.3 is 5.97 Å². The number of aromatic carboxylic acids is 1. The third-order valence-electron chi connectivity index (χ3n) is 3.81. The molecule has 5 heteroatoms. The first-order chi connectivity index (χ1) is 9.03. The van der Waals surface area contributed by atoms with Gasteiger partial charge in [-0.3, -0.25) is 4.79 Å². The van der Waals surface area contributed by atoms with Crippen molar-refractivity contribution in [2.75, 3.05) is 0 Å². The van der Waals surface area contributed by atoms with Crippen LogP contribution in [0.25, 0.3) is 0 Å². The van der Waals surface area contributed by atoms with Crippen molar-refractivity contribution in [1.29, 1.82) is 0 Å². The molecule has 5 nitrogen and oxygen atoms in total. The summed E-state index contributed by atoms with van der Waals surface area (Å²) in [7, 11) is 0. The van der Waals surface area contributed by atoms with Gasteiger partial charge in [0.15, 0.2) is 6.23 Å². The van der Waals surface area contributed by atoms with Crippen molar-refractivity contribution in [3.05, 3.63) is 29.8 Å².